The van der Waals surface area contributed by atoms with Crippen molar-refractivity contribution in [2.24, 2.45) is 17.3 Å². The van der Waals surface area contributed by atoms with Gasteiger partial charge in [0.1, 0.15) is 11.9 Å². The fourth-order valence-corrected chi connectivity index (χ4v) is 5.68. The van der Waals surface area contributed by atoms with Gasteiger partial charge in [0.05, 0.1) is 51.5 Å². The van der Waals surface area contributed by atoms with Crippen LogP contribution >= 0.6 is 22.9 Å². The average molecular weight is 528 g/mol. The summed E-state index contributed by atoms with van der Waals surface area (Å²) >= 11 is 8.11. The number of ether oxygens (including phenoxy) is 2. The minimum atomic E-state index is -1.27. The van der Waals surface area contributed by atoms with Gasteiger partial charge in [0.25, 0.3) is 0 Å². The Labute approximate surface area is 216 Å². The summed E-state index contributed by atoms with van der Waals surface area (Å²) in [6.45, 7) is 10.7. The monoisotopic (exact) mass is 527 g/mol. The van der Waals surface area contributed by atoms with E-state index in [1.165, 1.54) is 11.3 Å². The fraction of sp³-hybridized carbons (Fsp3) is 0.731. The van der Waals surface area contributed by atoms with E-state index in [1.54, 1.807) is 26.8 Å². The van der Waals surface area contributed by atoms with Crippen molar-refractivity contribution < 1.29 is 29.3 Å². The summed E-state index contributed by atoms with van der Waals surface area (Å²) in [5.74, 6) is -1.70. The molecule has 9 heteroatoms. The van der Waals surface area contributed by atoms with Crippen LogP contribution in [0.25, 0.3) is 6.08 Å². The molecular weight excluding hydrogens is 490 g/mol. The van der Waals surface area contributed by atoms with Gasteiger partial charge < -0.3 is 19.7 Å². The van der Waals surface area contributed by atoms with Crippen molar-refractivity contribution in [2.75, 3.05) is 0 Å². The number of Topliss-reactive ketones (excluding diaryl/α,β-unsaturated/α-hetero) is 1. The van der Waals surface area contributed by atoms with Crippen LogP contribution in [0, 0.1) is 24.2 Å². The summed E-state index contributed by atoms with van der Waals surface area (Å²) in [5, 5.41) is 24.8. The van der Waals surface area contributed by atoms with Crippen LogP contribution in [-0.2, 0) is 19.1 Å². The van der Waals surface area contributed by atoms with Gasteiger partial charge in [-0.15, -0.1) is 11.3 Å². The number of ketones is 1. The Balaban J connectivity index is 1.85. The third-order valence-electron chi connectivity index (χ3n) is 7.64. The summed E-state index contributed by atoms with van der Waals surface area (Å²) in [6.07, 6.45) is 1.08. The lowest BCUT2D eigenvalue weighted by Crippen LogP contribution is -2.45. The quantitative estimate of drug-likeness (QED) is 0.425. The number of halogens is 1. The van der Waals surface area contributed by atoms with E-state index in [4.69, 9.17) is 21.1 Å². The molecule has 0 amide bonds. The zero-order chi connectivity index (χ0) is 26.1. The second kappa shape index (κ2) is 11.0. The lowest BCUT2D eigenvalue weighted by molar-refractivity contribution is -0.154. The molecule has 2 N–H and O–H groups in total. The maximum absolute atomic E-state index is 13.2. The molecule has 0 aliphatic carbocycles. The van der Waals surface area contributed by atoms with Crippen molar-refractivity contribution in [3.63, 3.8) is 0 Å². The van der Waals surface area contributed by atoms with Gasteiger partial charge in [-0.25, -0.2) is 4.98 Å². The van der Waals surface area contributed by atoms with Crippen molar-refractivity contribution in [2.45, 2.75) is 104 Å². The van der Waals surface area contributed by atoms with E-state index in [0.29, 0.717) is 17.1 Å². The summed E-state index contributed by atoms with van der Waals surface area (Å²) in [6, 6.07) is 0. The van der Waals surface area contributed by atoms with E-state index >= 15 is 0 Å². The molecule has 2 aliphatic rings. The minimum absolute atomic E-state index is 0.0905. The number of epoxide rings is 1. The Morgan fingerprint density at radius 2 is 1.94 bits per heavy atom. The van der Waals surface area contributed by atoms with Crippen molar-refractivity contribution in [1.29, 1.82) is 0 Å². The maximum atomic E-state index is 13.2. The van der Waals surface area contributed by atoms with Crippen LogP contribution in [0.3, 0.4) is 0 Å². The number of rotatable bonds is 2. The third-order valence-corrected chi connectivity index (χ3v) is 8.78. The highest BCUT2D eigenvalue weighted by atomic mass is 35.5. The molecule has 0 radical (unpaired) electrons. The number of fused-ring (bicyclic) bond motifs is 1. The predicted molar refractivity (Wildman–Crippen MR) is 136 cm³/mol. The minimum Gasteiger partial charge on any atom is -0.456 e. The molecule has 0 bridgehead atoms. The number of nitrogens with zero attached hydrogens (tertiary/aromatic N) is 1. The van der Waals surface area contributed by atoms with Crippen molar-refractivity contribution in [1.82, 2.24) is 4.98 Å². The number of hydrogen-bond donors (Lipinski definition) is 2. The molecular formula is C26H38ClNO6S. The van der Waals surface area contributed by atoms with E-state index in [2.05, 4.69) is 4.98 Å². The van der Waals surface area contributed by atoms with Gasteiger partial charge in [-0.3, -0.25) is 9.59 Å². The molecule has 3 heterocycles. The molecule has 1 aromatic rings. The molecule has 35 heavy (non-hydrogen) atoms. The fourth-order valence-electron chi connectivity index (χ4n) is 4.86. The van der Waals surface area contributed by atoms with Crippen molar-refractivity contribution >= 4 is 40.8 Å². The molecule has 7 atom stereocenters. The van der Waals surface area contributed by atoms with Gasteiger partial charge in [0.2, 0.25) is 0 Å². The Morgan fingerprint density at radius 3 is 2.57 bits per heavy atom. The van der Waals surface area contributed by atoms with Crippen molar-refractivity contribution in [3.8, 4) is 0 Å². The van der Waals surface area contributed by atoms with Crippen LogP contribution in [-0.4, -0.2) is 57.0 Å². The number of cyclic esters (lactones) is 1. The molecule has 2 saturated heterocycles. The standard InChI is InChI=1S/C26H38ClNO6S/c1-14-8-7-9-26(6)21(34-26)11-19(18(27)10-17-13-35-16(3)28-17)33-22(30)12-20(29)25(4,5)24(32)15(2)23(14)31/h10,13-15,19-21,23,29,31H,7-9,11-12H2,1-6H3/t14-,15+,19-,20-,21-,23-,26+/m0/s1. The molecule has 1 aromatic heterocycles. The van der Waals surface area contributed by atoms with E-state index in [1.807, 2.05) is 26.2 Å². The van der Waals surface area contributed by atoms with Crippen LogP contribution < -0.4 is 0 Å². The molecule has 0 spiro atoms. The topological polar surface area (TPSA) is 109 Å². The van der Waals surface area contributed by atoms with Crippen LogP contribution in [0.4, 0.5) is 0 Å². The normalized spacial score (nSPS) is 37.5. The first-order valence-corrected chi connectivity index (χ1v) is 13.6. The number of aromatic nitrogens is 1. The Kier molecular flexibility index (Phi) is 8.86. The average Bonchev–Trinajstić information content (AvgIpc) is 3.22. The predicted octanol–water partition coefficient (Wildman–Crippen LogP) is 4.65. The Morgan fingerprint density at radius 1 is 1.26 bits per heavy atom. The number of carbonyl (C=O) groups excluding carboxylic acids is 2. The second-order valence-corrected chi connectivity index (χ2v) is 12.4. The zero-order valence-electron chi connectivity index (χ0n) is 21.4. The molecule has 7 nitrogen and oxygen atoms in total. The first-order valence-electron chi connectivity index (χ1n) is 12.3. The second-order valence-electron chi connectivity index (χ2n) is 10.9. The number of aliphatic hydroxyl groups is 2. The Hall–Kier alpha value is -1.32. The molecule has 2 fully saturated rings. The van der Waals surface area contributed by atoms with Crippen LogP contribution in [0.2, 0.25) is 0 Å². The van der Waals surface area contributed by atoms with E-state index in [-0.39, 0.29) is 29.8 Å². The largest absolute Gasteiger partial charge is 0.456 e. The highest BCUT2D eigenvalue weighted by molar-refractivity contribution is 7.09. The highest BCUT2D eigenvalue weighted by Gasteiger charge is 2.53. The summed E-state index contributed by atoms with van der Waals surface area (Å²) in [7, 11) is 0. The van der Waals surface area contributed by atoms with E-state index in [9.17, 15) is 19.8 Å². The number of esters is 1. The summed E-state index contributed by atoms with van der Waals surface area (Å²) in [4.78, 5) is 30.5. The molecule has 0 saturated carbocycles. The van der Waals surface area contributed by atoms with Crippen molar-refractivity contribution in [3.05, 3.63) is 21.1 Å². The number of aliphatic hydroxyl groups excluding tert-OH is 2. The SMILES string of the molecule is Cc1nc(C=C(Cl)[C@@H]2C[C@@H]3O[C@]3(C)CCC[C@H](C)[C@H](O)[C@@H](C)C(=O)C(C)(C)[C@@H](O)CC(=O)O2)cs1. The number of thiazole rings is 1. The number of hydrogen-bond acceptors (Lipinski definition) is 8. The molecule has 196 valence electrons. The zero-order valence-corrected chi connectivity index (χ0v) is 23.0. The van der Waals surface area contributed by atoms with E-state index < -0.39 is 35.6 Å². The number of aryl methyl sites for hydroxylation is 1. The first-order chi connectivity index (χ1) is 16.2. The maximum Gasteiger partial charge on any atom is 0.309 e. The van der Waals surface area contributed by atoms with Crippen LogP contribution in [0.1, 0.15) is 77.4 Å². The van der Waals surface area contributed by atoms with Crippen LogP contribution in [0.15, 0.2) is 10.4 Å². The Bertz CT molecular complexity index is 961. The van der Waals surface area contributed by atoms with Gasteiger partial charge in [0.15, 0.2) is 0 Å². The third kappa shape index (κ3) is 6.72. The molecule has 0 unspecified atom stereocenters. The van der Waals surface area contributed by atoms with Gasteiger partial charge in [0, 0.05) is 17.7 Å². The smallest absolute Gasteiger partial charge is 0.309 e. The lowest BCUT2D eigenvalue weighted by atomic mass is 9.73. The van der Waals surface area contributed by atoms with Gasteiger partial charge in [-0.2, -0.15) is 0 Å². The van der Waals surface area contributed by atoms with Crippen LogP contribution in [0.5, 0.6) is 0 Å². The van der Waals surface area contributed by atoms with Gasteiger partial charge in [-0.05, 0) is 38.7 Å². The number of carbonyl (C=O) groups is 2. The summed E-state index contributed by atoms with van der Waals surface area (Å²) < 4.78 is 11.7. The first kappa shape index (κ1) is 28.3. The summed E-state index contributed by atoms with van der Waals surface area (Å²) in [5.41, 5.74) is -0.904. The molecule has 3 rings (SSSR count). The highest BCUT2D eigenvalue weighted by Crippen LogP contribution is 2.45. The molecule has 2 aliphatic heterocycles. The van der Waals surface area contributed by atoms with E-state index in [0.717, 1.165) is 24.3 Å². The van der Waals surface area contributed by atoms with Gasteiger partial charge >= 0.3 is 5.97 Å². The van der Waals surface area contributed by atoms with Gasteiger partial charge in [-0.1, -0.05) is 45.7 Å². The lowest BCUT2D eigenvalue weighted by Gasteiger charge is -2.34. The molecule has 0 aromatic carbocycles.